The standard InChI is InChI=1S/C61H113NO10/c1-3-5-7-9-11-13-14-15-16-17-18-19-20-21-22-23-24-25-26-27-28-29-30-31-32-33-34-35-36-37-38-39-41-43-45-47-49-54(65)60(70)62-52(51-71-61-59(69)58(68)57(67)55(50-63)72-61)56(66)53(64)48-46-44-42-40-12-10-8-6-4-2/h6,8,22-23,25-26,40,42,52-59,61,63-69H,3-5,7,9-21,24,27-39,41,43-51H2,1-2H3,(H,62,70)/b8-6+,23-22-,26-25-,42-40+. The van der Waals surface area contributed by atoms with E-state index in [0.717, 1.165) is 44.9 Å². The van der Waals surface area contributed by atoms with Gasteiger partial charge in [-0.3, -0.25) is 4.79 Å². The lowest BCUT2D eigenvalue weighted by Crippen LogP contribution is -2.60. The number of ether oxygens (including phenoxy) is 2. The largest absolute Gasteiger partial charge is 0.394 e. The minimum Gasteiger partial charge on any atom is -0.394 e. The molecule has 11 nitrogen and oxygen atoms in total. The molecule has 1 saturated heterocycles. The van der Waals surface area contributed by atoms with Crippen molar-refractivity contribution in [2.24, 2.45) is 0 Å². The Morgan fingerprint density at radius 2 is 0.917 bits per heavy atom. The van der Waals surface area contributed by atoms with Gasteiger partial charge in [0.2, 0.25) is 5.91 Å². The molecule has 11 heteroatoms. The van der Waals surface area contributed by atoms with Crippen LogP contribution < -0.4 is 5.32 Å². The number of carbonyl (C=O) groups is 1. The van der Waals surface area contributed by atoms with Crippen LogP contribution in [0.3, 0.4) is 0 Å². The lowest BCUT2D eigenvalue weighted by molar-refractivity contribution is -0.303. The summed E-state index contributed by atoms with van der Waals surface area (Å²) in [5.41, 5.74) is 0. The molecule has 9 unspecified atom stereocenters. The van der Waals surface area contributed by atoms with Gasteiger partial charge in [0.25, 0.3) is 0 Å². The average molecular weight is 1020 g/mol. The smallest absolute Gasteiger partial charge is 0.249 e. The Kier molecular flexibility index (Phi) is 47.2. The Morgan fingerprint density at radius 1 is 0.500 bits per heavy atom. The van der Waals surface area contributed by atoms with Gasteiger partial charge in [0.05, 0.1) is 25.4 Å². The number of amides is 1. The van der Waals surface area contributed by atoms with Gasteiger partial charge in [0.1, 0.15) is 36.6 Å². The monoisotopic (exact) mass is 1020 g/mol. The fourth-order valence-electron chi connectivity index (χ4n) is 9.50. The van der Waals surface area contributed by atoms with Gasteiger partial charge in [0, 0.05) is 0 Å². The lowest BCUT2D eigenvalue weighted by atomic mass is 9.98. The van der Waals surface area contributed by atoms with Gasteiger partial charge in [-0.2, -0.15) is 0 Å². The van der Waals surface area contributed by atoms with Crippen LogP contribution in [0.2, 0.25) is 0 Å². The van der Waals surface area contributed by atoms with Crippen LogP contribution in [0.5, 0.6) is 0 Å². The second-order valence-corrected chi connectivity index (χ2v) is 21.0. The molecule has 1 aliphatic rings. The second-order valence-electron chi connectivity index (χ2n) is 21.0. The molecule has 8 N–H and O–H groups in total. The lowest BCUT2D eigenvalue weighted by Gasteiger charge is -2.40. The summed E-state index contributed by atoms with van der Waals surface area (Å²) in [6.45, 7) is 3.30. The molecule has 1 amide bonds. The molecular weight excluding hydrogens is 907 g/mol. The number of nitrogens with one attached hydrogen (secondary N) is 1. The summed E-state index contributed by atoms with van der Waals surface area (Å²) in [6, 6.07) is -1.19. The molecule has 0 bridgehead atoms. The van der Waals surface area contributed by atoms with Crippen LogP contribution in [0, 0.1) is 0 Å². The maximum Gasteiger partial charge on any atom is 0.249 e. The maximum absolute atomic E-state index is 13.1. The minimum atomic E-state index is -1.67. The molecule has 9 atom stereocenters. The number of hydrogen-bond acceptors (Lipinski definition) is 10. The summed E-state index contributed by atoms with van der Waals surface area (Å²) in [4.78, 5) is 13.1. The zero-order chi connectivity index (χ0) is 52.5. The fraction of sp³-hybridized carbons (Fsp3) is 0.852. The highest BCUT2D eigenvalue weighted by atomic mass is 16.7. The van der Waals surface area contributed by atoms with Crippen LogP contribution in [-0.2, 0) is 14.3 Å². The molecule has 1 fully saturated rings. The molecule has 0 saturated carbocycles. The van der Waals surface area contributed by atoms with Crippen LogP contribution in [0.15, 0.2) is 48.6 Å². The summed E-state index contributed by atoms with van der Waals surface area (Å²) in [5.74, 6) is -0.712. The number of rotatable bonds is 51. The van der Waals surface area contributed by atoms with E-state index in [1.807, 2.05) is 6.08 Å². The van der Waals surface area contributed by atoms with E-state index >= 15 is 0 Å². The first-order valence-electron chi connectivity index (χ1n) is 30.0. The quantitative estimate of drug-likeness (QED) is 0.0215. The van der Waals surface area contributed by atoms with Crippen molar-refractivity contribution in [3.05, 3.63) is 48.6 Å². The Hall–Kier alpha value is -1.93. The van der Waals surface area contributed by atoms with Crippen molar-refractivity contribution in [1.29, 1.82) is 0 Å². The van der Waals surface area contributed by atoms with Gasteiger partial charge in [-0.15, -0.1) is 0 Å². The summed E-state index contributed by atoms with van der Waals surface area (Å²) in [5, 5.41) is 75.7. The van der Waals surface area contributed by atoms with Crippen molar-refractivity contribution in [3.63, 3.8) is 0 Å². The summed E-state index contributed by atoms with van der Waals surface area (Å²) in [7, 11) is 0. The summed E-state index contributed by atoms with van der Waals surface area (Å²) >= 11 is 0. The van der Waals surface area contributed by atoms with Gasteiger partial charge >= 0.3 is 0 Å². The number of aliphatic hydroxyl groups excluding tert-OH is 7. The molecular formula is C61H113NO10. The molecule has 0 radical (unpaired) electrons. The van der Waals surface area contributed by atoms with E-state index < -0.39 is 74.2 Å². The Bertz CT molecular complexity index is 1310. The van der Waals surface area contributed by atoms with Gasteiger partial charge in [-0.1, -0.05) is 236 Å². The molecule has 0 aromatic heterocycles. The van der Waals surface area contributed by atoms with E-state index in [2.05, 4.69) is 61.7 Å². The summed E-state index contributed by atoms with van der Waals surface area (Å²) in [6.07, 6.45) is 52.4. The van der Waals surface area contributed by atoms with Crippen LogP contribution in [0.4, 0.5) is 0 Å². The van der Waals surface area contributed by atoms with Crippen LogP contribution in [0.25, 0.3) is 0 Å². The third-order valence-electron chi connectivity index (χ3n) is 14.3. The predicted octanol–water partition coefficient (Wildman–Crippen LogP) is 12.8. The number of allylic oxidation sites excluding steroid dienone is 8. The molecule has 1 rings (SSSR count). The Morgan fingerprint density at radius 3 is 1.39 bits per heavy atom. The predicted molar refractivity (Wildman–Crippen MR) is 298 cm³/mol. The molecule has 72 heavy (non-hydrogen) atoms. The highest BCUT2D eigenvalue weighted by Gasteiger charge is 2.44. The van der Waals surface area contributed by atoms with Gasteiger partial charge < -0.3 is 50.5 Å². The normalized spacial score (nSPS) is 20.4. The van der Waals surface area contributed by atoms with Crippen molar-refractivity contribution >= 4 is 5.91 Å². The molecule has 422 valence electrons. The van der Waals surface area contributed by atoms with Gasteiger partial charge in [-0.05, 0) is 77.0 Å². The third kappa shape index (κ3) is 37.7. The van der Waals surface area contributed by atoms with E-state index in [-0.39, 0.29) is 12.8 Å². The zero-order valence-corrected chi connectivity index (χ0v) is 46.2. The van der Waals surface area contributed by atoms with Crippen LogP contribution in [0.1, 0.15) is 264 Å². The van der Waals surface area contributed by atoms with E-state index in [1.54, 1.807) is 0 Å². The number of carbonyl (C=O) groups excluding carboxylic acids is 1. The number of hydrogen-bond donors (Lipinski definition) is 8. The minimum absolute atomic E-state index is 0.243. The van der Waals surface area contributed by atoms with Gasteiger partial charge in [0.15, 0.2) is 6.29 Å². The SMILES string of the molecule is CC/C=C/CC/C=C/CCCC(O)C(O)C(COC1OC(CO)C(O)C(O)C1O)NC(=O)C(O)CCCCCCCCCCCCCCCCCC/C=C\C/C=C\CCCCCCCCCCCCCCC. The third-order valence-corrected chi connectivity index (χ3v) is 14.3. The first-order valence-corrected chi connectivity index (χ1v) is 30.0. The summed E-state index contributed by atoms with van der Waals surface area (Å²) < 4.78 is 11.1. The van der Waals surface area contributed by atoms with Gasteiger partial charge in [-0.25, -0.2) is 0 Å². The van der Waals surface area contributed by atoms with E-state index in [9.17, 15) is 40.5 Å². The first-order chi connectivity index (χ1) is 35.2. The van der Waals surface area contributed by atoms with Crippen molar-refractivity contribution in [1.82, 2.24) is 5.32 Å². The Balaban J connectivity index is 2.11. The molecule has 0 aromatic carbocycles. The number of aliphatic hydroxyl groups is 7. The van der Waals surface area contributed by atoms with E-state index in [0.29, 0.717) is 19.3 Å². The fourth-order valence-corrected chi connectivity index (χ4v) is 9.50. The maximum atomic E-state index is 13.1. The van der Waals surface area contributed by atoms with Crippen molar-refractivity contribution in [2.75, 3.05) is 13.2 Å². The first kappa shape index (κ1) is 68.1. The van der Waals surface area contributed by atoms with Crippen molar-refractivity contribution in [3.8, 4) is 0 Å². The number of unbranched alkanes of at least 4 members (excludes halogenated alkanes) is 31. The van der Waals surface area contributed by atoms with E-state index in [1.165, 1.54) is 173 Å². The highest BCUT2D eigenvalue weighted by Crippen LogP contribution is 2.23. The van der Waals surface area contributed by atoms with E-state index in [4.69, 9.17) is 9.47 Å². The van der Waals surface area contributed by atoms with Crippen molar-refractivity contribution < 1.29 is 50.0 Å². The molecule has 1 heterocycles. The topological polar surface area (TPSA) is 189 Å². The van der Waals surface area contributed by atoms with Crippen LogP contribution in [-0.4, -0.2) is 110 Å². The highest BCUT2D eigenvalue weighted by molar-refractivity contribution is 5.80. The van der Waals surface area contributed by atoms with Crippen LogP contribution >= 0.6 is 0 Å². The second kappa shape index (κ2) is 49.9. The van der Waals surface area contributed by atoms with Crippen molar-refractivity contribution in [2.45, 2.75) is 319 Å². The average Bonchev–Trinajstić information content (AvgIpc) is 3.38. The molecule has 0 aliphatic carbocycles. The Labute approximate surface area is 440 Å². The molecule has 0 spiro atoms. The molecule has 1 aliphatic heterocycles. The zero-order valence-electron chi connectivity index (χ0n) is 46.2. The molecule has 0 aromatic rings.